The van der Waals surface area contributed by atoms with Gasteiger partial charge in [0.05, 0.1) is 16.6 Å². The van der Waals surface area contributed by atoms with E-state index in [2.05, 4.69) is 4.98 Å². The van der Waals surface area contributed by atoms with Gasteiger partial charge in [0.25, 0.3) is 5.56 Å². The molecule has 0 saturated carbocycles. The molecule has 8 heteroatoms. The van der Waals surface area contributed by atoms with Gasteiger partial charge in [0.15, 0.2) is 5.82 Å². The smallest absolute Gasteiger partial charge is 0.329 e. The Labute approximate surface area is 171 Å². The van der Waals surface area contributed by atoms with Gasteiger partial charge in [-0.2, -0.15) is 0 Å². The van der Waals surface area contributed by atoms with Crippen LogP contribution in [0.25, 0.3) is 16.6 Å². The number of hydrogen-bond donors (Lipinski definition) is 0. The minimum Gasteiger partial charge on any atom is -0.456 e. The molecule has 30 heavy (non-hydrogen) atoms. The monoisotopic (exact) mass is 409 g/mol. The fourth-order valence-corrected chi connectivity index (χ4v) is 3.75. The molecule has 1 fully saturated rings. The number of likely N-dealkylation sites (tertiary alicyclic amines) is 1. The van der Waals surface area contributed by atoms with Crippen molar-refractivity contribution in [1.29, 1.82) is 0 Å². The topological polar surface area (TPSA) is 81.5 Å². The summed E-state index contributed by atoms with van der Waals surface area (Å²) in [6.07, 6.45) is 1.27. The molecule has 154 valence electrons. The first-order chi connectivity index (χ1) is 14.5. The zero-order valence-corrected chi connectivity index (χ0v) is 16.4. The van der Waals surface area contributed by atoms with Crippen LogP contribution in [0.1, 0.15) is 25.6 Å². The molecule has 0 unspecified atom stereocenters. The van der Waals surface area contributed by atoms with Crippen molar-refractivity contribution in [3.05, 3.63) is 70.5 Å². The molecule has 0 N–H and O–H groups in total. The Morgan fingerprint density at radius 3 is 2.63 bits per heavy atom. The van der Waals surface area contributed by atoms with Crippen LogP contribution in [0.2, 0.25) is 0 Å². The van der Waals surface area contributed by atoms with E-state index in [9.17, 15) is 18.8 Å². The van der Waals surface area contributed by atoms with Crippen LogP contribution in [0, 0.1) is 5.82 Å². The highest BCUT2D eigenvalue weighted by molar-refractivity contribution is 5.84. The fourth-order valence-electron chi connectivity index (χ4n) is 3.75. The van der Waals surface area contributed by atoms with E-state index >= 15 is 0 Å². The van der Waals surface area contributed by atoms with Crippen molar-refractivity contribution in [2.75, 3.05) is 6.54 Å². The number of fused-ring (bicyclic) bond motifs is 1. The Morgan fingerprint density at radius 1 is 1.17 bits per heavy atom. The lowest BCUT2D eigenvalue weighted by Crippen LogP contribution is -2.40. The minimum atomic E-state index is -0.631. The van der Waals surface area contributed by atoms with Crippen LogP contribution >= 0.6 is 0 Å². The number of carbonyl (C=O) groups excluding carboxylic acids is 2. The molecule has 1 amide bonds. The third-order valence-corrected chi connectivity index (χ3v) is 5.20. The van der Waals surface area contributed by atoms with Crippen molar-refractivity contribution in [2.45, 2.75) is 32.4 Å². The highest BCUT2D eigenvalue weighted by Gasteiger charge is 2.33. The number of amides is 1. The fraction of sp³-hybridized carbons (Fsp3) is 0.273. The summed E-state index contributed by atoms with van der Waals surface area (Å²) >= 11 is 0. The number of rotatable bonds is 4. The van der Waals surface area contributed by atoms with Crippen LogP contribution in [0.15, 0.2) is 53.3 Å². The van der Waals surface area contributed by atoms with Crippen molar-refractivity contribution in [1.82, 2.24) is 14.5 Å². The maximum absolute atomic E-state index is 13.4. The molecule has 3 aromatic rings. The van der Waals surface area contributed by atoms with Crippen LogP contribution in [0.5, 0.6) is 0 Å². The average molecular weight is 409 g/mol. The zero-order valence-electron chi connectivity index (χ0n) is 16.4. The molecular formula is C22H20FN3O4. The van der Waals surface area contributed by atoms with Crippen molar-refractivity contribution in [2.24, 2.45) is 0 Å². The summed E-state index contributed by atoms with van der Waals surface area (Å²) in [5.74, 6) is -0.928. The maximum Gasteiger partial charge on any atom is 0.329 e. The summed E-state index contributed by atoms with van der Waals surface area (Å²) in [6, 6.07) is 11.6. The molecule has 1 aromatic heterocycles. The molecule has 2 aromatic carbocycles. The third kappa shape index (κ3) is 3.68. The van der Waals surface area contributed by atoms with E-state index < -0.39 is 17.8 Å². The molecule has 1 aliphatic rings. The van der Waals surface area contributed by atoms with E-state index in [-0.39, 0.29) is 23.9 Å². The summed E-state index contributed by atoms with van der Waals surface area (Å²) in [5.41, 5.74) is 0.541. The molecule has 0 aliphatic carbocycles. The highest BCUT2D eigenvalue weighted by Crippen LogP contribution is 2.20. The van der Waals surface area contributed by atoms with E-state index in [1.165, 1.54) is 40.7 Å². The quantitative estimate of drug-likeness (QED) is 0.619. The van der Waals surface area contributed by atoms with Gasteiger partial charge in [-0.1, -0.05) is 12.1 Å². The predicted octanol–water partition coefficient (Wildman–Crippen LogP) is 2.58. The SMILES string of the molecule is CC(=O)N1CCC[C@@H]1C(=O)OCc1nc2ccccc2c(=O)n1-c1ccc(F)cc1. The van der Waals surface area contributed by atoms with E-state index in [1.54, 1.807) is 24.3 Å². The molecule has 1 aliphatic heterocycles. The van der Waals surface area contributed by atoms with Gasteiger partial charge >= 0.3 is 5.97 Å². The van der Waals surface area contributed by atoms with Gasteiger partial charge in [-0.05, 0) is 49.2 Å². The second kappa shape index (κ2) is 8.06. The zero-order chi connectivity index (χ0) is 21.3. The molecule has 0 bridgehead atoms. The largest absolute Gasteiger partial charge is 0.456 e. The Bertz CT molecular complexity index is 1170. The first kappa shape index (κ1) is 19.8. The van der Waals surface area contributed by atoms with Gasteiger partial charge < -0.3 is 9.64 Å². The second-order valence-corrected chi connectivity index (χ2v) is 7.14. The van der Waals surface area contributed by atoms with E-state index in [0.717, 1.165) is 6.42 Å². The first-order valence-corrected chi connectivity index (χ1v) is 9.66. The Kier molecular flexibility index (Phi) is 5.31. The number of para-hydroxylation sites is 1. The number of halogens is 1. The molecule has 7 nitrogen and oxygen atoms in total. The van der Waals surface area contributed by atoms with Gasteiger partial charge in [-0.25, -0.2) is 14.2 Å². The summed E-state index contributed by atoms with van der Waals surface area (Å²) in [7, 11) is 0. The van der Waals surface area contributed by atoms with Gasteiger partial charge in [0.2, 0.25) is 5.91 Å². The number of esters is 1. The minimum absolute atomic E-state index is 0.179. The standard InChI is InChI=1S/C22H20FN3O4/c1-14(27)25-12-4-7-19(25)22(29)30-13-20-24-18-6-3-2-5-17(18)21(28)26(20)16-10-8-15(23)9-11-16/h2-3,5-6,8-11,19H,4,7,12-13H2,1H3/t19-/m1/s1. The Balaban J connectivity index is 1.70. The maximum atomic E-state index is 13.4. The molecule has 2 heterocycles. The van der Waals surface area contributed by atoms with Crippen LogP contribution in [0.4, 0.5) is 4.39 Å². The van der Waals surface area contributed by atoms with Crippen LogP contribution in [-0.4, -0.2) is 38.9 Å². The van der Waals surface area contributed by atoms with Crippen molar-refractivity contribution in [3.63, 3.8) is 0 Å². The summed E-state index contributed by atoms with van der Waals surface area (Å²) in [6.45, 7) is 1.69. The number of benzene rings is 2. The normalized spacial score (nSPS) is 16.1. The van der Waals surface area contributed by atoms with Gasteiger partial charge in [-0.15, -0.1) is 0 Å². The number of ether oxygens (including phenoxy) is 1. The van der Waals surface area contributed by atoms with E-state index in [4.69, 9.17) is 4.74 Å². The van der Waals surface area contributed by atoms with E-state index in [1.807, 2.05) is 0 Å². The third-order valence-electron chi connectivity index (χ3n) is 5.20. The number of hydrogen-bond acceptors (Lipinski definition) is 5. The van der Waals surface area contributed by atoms with Crippen molar-refractivity contribution >= 4 is 22.8 Å². The molecular weight excluding hydrogens is 389 g/mol. The van der Waals surface area contributed by atoms with Crippen molar-refractivity contribution < 1.29 is 18.7 Å². The number of nitrogens with zero attached hydrogens (tertiary/aromatic N) is 3. The van der Waals surface area contributed by atoms with Crippen molar-refractivity contribution in [3.8, 4) is 5.69 Å². The number of aromatic nitrogens is 2. The Hall–Kier alpha value is -3.55. The highest BCUT2D eigenvalue weighted by atomic mass is 19.1. The Morgan fingerprint density at radius 2 is 1.90 bits per heavy atom. The first-order valence-electron chi connectivity index (χ1n) is 9.66. The average Bonchev–Trinajstić information content (AvgIpc) is 3.24. The number of carbonyl (C=O) groups is 2. The summed E-state index contributed by atoms with van der Waals surface area (Å²) in [4.78, 5) is 43.4. The lowest BCUT2D eigenvalue weighted by atomic mass is 10.2. The van der Waals surface area contributed by atoms with Crippen LogP contribution in [-0.2, 0) is 20.9 Å². The molecule has 4 rings (SSSR count). The lowest BCUT2D eigenvalue weighted by Gasteiger charge is -2.22. The van der Waals surface area contributed by atoms with Crippen LogP contribution in [0.3, 0.4) is 0 Å². The second-order valence-electron chi connectivity index (χ2n) is 7.14. The van der Waals surface area contributed by atoms with Crippen LogP contribution < -0.4 is 5.56 Å². The lowest BCUT2D eigenvalue weighted by molar-refractivity contribution is -0.154. The van der Waals surface area contributed by atoms with E-state index in [0.29, 0.717) is 29.6 Å². The molecule has 1 atom stereocenters. The summed E-state index contributed by atoms with van der Waals surface area (Å²) in [5, 5.41) is 0.399. The molecule has 1 saturated heterocycles. The molecule has 0 spiro atoms. The van der Waals surface area contributed by atoms with Gasteiger partial charge in [-0.3, -0.25) is 14.2 Å². The van der Waals surface area contributed by atoms with Gasteiger partial charge in [0, 0.05) is 13.5 Å². The predicted molar refractivity (Wildman–Crippen MR) is 108 cm³/mol. The molecule has 0 radical (unpaired) electrons. The van der Waals surface area contributed by atoms with Gasteiger partial charge in [0.1, 0.15) is 18.5 Å². The summed E-state index contributed by atoms with van der Waals surface area (Å²) < 4.78 is 20.1.